The summed E-state index contributed by atoms with van der Waals surface area (Å²) in [5.41, 5.74) is 5.26. The molecule has 2 aromatic carbocycles. The summed E-state index contributed by atoms with van der Waals surface area (Å²) in [5.74, 6) is 2.17. The first-order valence-electron chi connectivity index (χ1n) is 12.8. The number of aryl methyl sites for hydroxylation is 4. The highest BCUT2D eigenvalue weighted by Crippen LogP contribution is 2.27. The molecule has 0 heterocycles. The molecular weight excluding hydrogens is 466 g/mol. The minimum atomic E-state index is 0. The van der Waals surface area contributed by atoms with Crippen molar-refractivity contribution in [3.8, 4) is 11.5 Å². The molecule has 2 aromatic rings. The Hall–Kier alpha value is -1.10. The molecule has 0 spiro atoms. The van der Waals surface area contributed by atoms with Gasteiger partial charge in [-0.3, -0.25) is 0 Å². The molecule has 2 rings (SSSR count). The molecule has 0 N–H and O–H groups in total. The van der Waals surface area contributed by atoms with Crippen molar-refractivity contribution in [1.82, 2.24) is 0 Å². The molecule has 2 atom stereocenters. The van der Waals surface area contributed by atoms with E-state index in [1.54, 1.807) is 0 Å². The van der Waals surface area contributed by atoms with Crippen LogP contribution in [0.2, 0.25) is 0 Å². The Bertz CT molecular complexity index is 670. The second-order valence-electron chi connectivity index (χ2n) is 8.40. The van der Waals surface area contributed by atoms with E-state index < -0.39 is 0 Å². The molecule has 0 saturated heterocycles. The van der Waals surface area contributed by atoms with Gasteiger partial charge in [0, 0.05) is 0 Å². The van der Waals surface area contributed by atoms with Gasteiger partial charge in [0.15, 0.2) is 0 Å². The standard InChI is InChI=1S/2C12H19OP.C5H12.2CH4/c2*1-4-5-6-11-8-7-10(2)9-12(11)13-14-3;1-3-5-4-2;;/h2*7-9,14H,4-6H2,1-3H3;3-5H2,1-2H3;2*1H4. The van der Waals surface area contributed by atoms with Crippen molar-refractivity contribution in [3.05, 3.63) is 58.7 Å². The molecule has 4 heteroatoms. The lowest BCUT2D eigenvalue weighted by atomic mass is 10.1. The van der Waals surface area contributed by atoms with Gasteiger partial charge in [-0.15, -0.1) is 0 Å². The zero-order chi connectivity index (χ0) is 24.9. The molecule has 0 aliphatic carbocycles. The van der Waals surface area contributed by atoms with Crippen LogP contribution in [0.1, 0.15) is 110 Å². The van der Waals surface area contributed by atoms with Gasteiger partial charge in [-0.05, 0) is 87.2 Å². The molecule has 0 aliphatic rings. The number of rotatable bonds is 12. The van der Waals surface area contributed by atoms with E-state index >= 15 is 0 Å². The van der Waals surface area contributed by atoms with Gasteiger partial charge < -0.3 is 9.05 Å². The molecule has 0 bridgehead atoms. The Kier molecular flexibility index (Phi) is 28.5. The average Bonchev–Trinajstić information content (AvgIpc) is 2.80. The van der Waals surface area contributed by atoms with Crippen molar-refractivity contribution in [1.29, 1.82) is 0 Å². The fourth-order valence-electron chi connectivity index (χ4n) is 3.23. The van der Waals surface area contributed by atoms with Crippen molar-refractivity contribution in [2.75, 3.05) is 13.3 Å². The predicted octanol–water partition coefficient (Wildman–Crippen LogP) is 11.3. The van der Waals surface area contributed by atoms with Gasteiger partial charge in [-0.25, -0.2) is 0 Å². The summed E-state index contributed by atoms with van der Waals surface area (Å²) in [4.78, 5) is 0. The van der Waals surface area contributed by atoms with Gasteiger partial charge in [0.05, 0.1) is 17.6 Å². The first-order chi connectivity index (χ1) is 16.0. The summed E-state index contributed by atoms with van der Waals surface area (Å²) < 4.78 is 11.3. The molecule has 2 nitrogen and oxygen atoms in total. The third-order valence-electron chi connectivity index (χ3n) is 5.18. The largest absolute Gasteiger partial charge is 0.477 e. The first kappa shape index (κ1) is 38.4. The van der Waals surface area contributed by atoms with Crippen LogP contribution in [0.15, 0.2) is 36.4 Å². The fourth-order valence-corrected chi connectivity index (χ4v) is 4.05. The van der Waals surface area contributed by atoms with E-state index in [1.165, 1.54) is 67.2 Å². The minimum Gasteiger partial charge on any atom is -0.477 e. The van der Waals surface area contributed by atoms with Gasteiger partial charge in [0.25, 0.3) is 0 Å². The molecule has 35 heavy (non-hydrogen) atoms. The maximum absolute atomic E-state index is 5.64. The Morgan fingerprint density at radius 1 is 0.571 bits per heavy atom. The molecule has 0 fully saturated rings. The lowest BCUT2D eigenvalue weighted by molar-refractivity contribution is 0.617. The van der Waals surface area contributed by atoms with E-state index in [0.29, 0.717) is 17.6 Å². The molecule has 0 amide bonds. The SMILES string of the molecule is C.C.CCCCC.CCCCc1ccc(C)cc1OPC.CCCCc1ccc(C)cc1OPC. The van der Waals surface area contributed by atoms with Crippen LogP contribution >= 0.6 is 17.6 Å². The van der Waals surface area contributed by atoms with Crippen LogP contribution in [0.3, 0.4) is 0 Å². The van der Waals surface area contributed by atoms with Gasteiger partial charge >= 0.3 is 0 Å². The highest BCUT2D eigenvalue weighted by atomic mass is 31.1. The average molecular weight is 525 g/mol. The third kappa shape index (κ3) is 18.8. The highest BCUT2D eigenvalue weighted by Gasteiger charge is 2.03. The number of unbranched alkanes of at least 4 members (excludes halogenated alkanes) is 4. The van der Waals surface area contributed by atoms with Crippen LogP contribution in [0.25, 0.3) is 0 Å². The van der Waals surface area contributed by atoms with E-state index in [0.717, 1.165) is 24.3 Å². The number of hydrogen-bond acceptors (Lipinski definition) is 2. The maximum Gasteiger partial charge on any atom is 0.126 e. The second-order valence-corrected chi connectivity index (χ2v) is 9.62. The lowest BCUT2D eigenvalue weighted by Crippen LogP contribution is -1.90. The van der Waals surface area contributed by atoms with Gasteiger partial charge in [-0.1, -0.05) is 98.9 Å². The van der Waals surface area contributed by atoms with Gasteiger partial charge in [0.1, 0.15) is 11.5 Å². The van der Waals surface area contributed by atoms with Crippen molar-refractivity contribution < 1.29 is 9.05 Å². The van der Waals surface area contributed by atoms with E-state index in [-0.39, 0.29) is 14.9 Å². The van der Waals surface area contributed by atoms with Crippen LogP contribution in [-0.4, -0.2) is 13.3 Å². The summed E-state index contributed by atoms with van der Waals surface area (Å²) in [6, 6.07) is 13.0. The molecule has 0 saturated carbocycles. The molecule has 2 unspecified atom stereocenters. The monoisotopic (exact) mass is 524 g/mol. The van der Waals surface area contributed by atoms with Crippen molar-refractivity contribution >= 4 is 17.6 Å². The van der Waals surface area contributed by atoms with Gasteiger partial charge in [0.2, 0.25) is 0 Å². The maximum atomic E-state index is 5.64. The highest BCUT2D eigenvalue weighted by molar-refractivity contribution is 7.31. The third-order valence-corrected chi connectivity index (χ3v) is 6.02. The summed E-state index contributed by atoms with van der Waals surface area (Å²) in [6.45, 7) is 17.2. The predicted molar refractivity (Wildman–Crippen MR) is 168 cm³/mol. The fraction of sp³-hybridized carbons (Fsp3) is 0.613. The van der Waals surface area contributed by atoms with Crippen molar-refractivity contribution in [3.63, 3.8) is 0 Å². The number of benzene rings is 2. The summed E-state index contributed by atoms with van der Waals surface area (Å²) in [5, 5.41) is 0. The molecule has 0 aromatic heterocycles. The molecule has 0 aliphatic heterocycles. The van der Waals surface area contributed by atoms with Crippen molar-refractivity contribution in [2.24, 2.45) is 0 Å². The van der Waals surface area contributed by atoms with E-state index in [2.05, 4.69) is 91.3 Å². The Morgan fingerprint density at radius 3 is 1.17 bits per heavy atom. The molecule has 0 radical (unpaired) electrons. The van der Waals surface area contributed by atoms with Gasteiger partial charge in [-0.2, -0.15) is 0 Å². The molecule has 204 valence electrons. The normalized spacial score (nSPS) is 10.1. The first-order valence-corrected chi connectivity index (χ1v) is 15.6. The van der Waals surface area contributed by atoms with Crippen molar-refractivity contribution in [2.45, 2.75) is 114 Å². The molecular formula is C31H58O2P2. The summed E-state index contributed by atoms with van der Waals surface area (Å²) >= 11 is 0. The van der Waals surface area contributed by atoms with E-state index in [1.807, 2.05) is 0 Å². The zero-order valence-corrected chi connectivity index (χ0v) is 24.6. The second kappa shape index (κ2) is 26.0. The minimum absolute atomic E-state index is 0. The summed E-state index contributed by atoms with van der Waals surface area (Å²) in [7, 11) is 1.07. The van der Waals surface area contributed by atoms with Crippen LogP contribution in [-0.2, 0) is 12.8 Å². The van der Waals surface area contributed by atoms with Crippen LogP contribution < -0.4 is 9.05 Å². The number of hydrogen-bond donors (Lipinski definition) is 0. The Morgan fingerprint density at radius 2 is 0.914 bits per heavy atom. The Balaban J connectivity index is -0.000000469. The van der Waals surface area contributed by atoms with Crippen LogP contribution in [0.4, 0.5) is 0 Å². The zero-order valence-electron chi connectivity index (χ0n) is 22.6. The quantitative estimate of drug-likeness (QED) is 0.257. The smallest absolute Gasteiger partial charge is 0.126 e. The summed E-state index contributed by atoms with van der Waals surface area (Å²) in [6.07, 6.45) is 11.3. The van der Waals surface area contributed by atoms with E-state index in [4.69, 9.17) is 9.05 Å². The topological polar surface area (TPSA) is 18.5 Å². The lowest BCUT2D eigenvalue weighted by Gasteiger charge is -2.10. The van der Waals surface area contributed by atoms with Crippen LogP contribution in [0, 0.1) is 13.8 Å². The van der Waals surface area contributed by atoms with E-state index in [9.17, 15) is 0 Å². The van der Waals surface area contributed by atoms with Crippen LogP contribution in [0.5, 0.6) is 11.5 Å². The Labute approximate surface area is 224 Å².